The molecule has 1 heterocycles. The van der Waals surface area contributed by atoms with Crippen LogP contribution in [-0.2, 0) is 13.0 Å². The molecule has 0 spiro atoms. The van der Waals surface area contributed by atoms with Gasteiger partial charge < -0.3 is 4.74 Å². The van der Waals surface area contributed by atoms with E-state index in [0.29, 0.717) is 0 Å². The fourth-order valence-corrected chi connectivity index (χ4v) is 1.83. The van der Waals surface area contributed by atoms with Crippen molar-refractivity contribution in [2.24, 2.45) is 0 Å². The van der Waals surface area contributed by atoms with E-state index in [4.69, 9.17) is 10.00 Å². The largest absolute Gasteiger partial charge is 0.482 e. The summed E-state index contributed by atoms with van der Waals surface area (Å²) in [5.41, 5.74) is 1.84. The Morgan fingerprint density at radius 2 is 2.14 bits per heavy atom. The number of nitro benzene ring substituents is 1. The number of rotatable bonds is 5. The number of aromatic nitrogens is 1. The fourth-order valence-electron chi connectivity index (χ4n) is 1.83. The molecule has 1 aromatic carbocycles. The Kier molecular flexibility index (Phi) is 4.46. The quantitative estimate of drug-likeness (QED) is 0.621. The summed E-state index contributed by atoms with van der Waals surface area (Å²) in [6.07, 6.45) is 2.23. The lowest BCUT2D eigenvalue weighted by Crippen LogP contribution is -2.00. The highest BCUT2D eigenvalue weighted by atomic mass is 16.6. The van der Waals surface area contributed by atoms with Gasteiger partial charge in [0.15, 0.2) is 5.75 Å². The monoisotopic (exact) mass is 283 g/mol. The van der Waals surface area contributed by atoms with Crippen molar-refractivity contribution >= 4 is 5.69 Å². The molecular formula is C15H13N3O3. The molecule has 6 heteroatoms. The lowest BCUT2D eigenvalue weighted by atomic mass is 10.1. The van der Waals surface area contributed by atoms with Crippen LogP contribution in [0.25, 0.3) is 0 Å². The molecule has 0 unspecified atom stereocenters. The Hall–Kier alpha value is -2.94. The van der Waals surface area contributed by atoms with Crippen molar-refractivity contribution < 1.29 is 9.66 Å². The second kappa shape index (κ2) is 6.48. The molecule has 2 rings (SSSR count). The highest BCUT2D eigenvalue weighted by molar-refractivity contribution is 5.48. The smallest absolute Gasteiger partial charge is 0.311 e. The van der Waals surface area contributed by atoms with Crippen LogP contribution in [0.15, 0.2) is 36.5 Å². The number of nitro groups is 1. The van der Waals surface area contributed by atoms with Gasteiger partial charge in [0.05, 0.1) is 4.92 Å². The molecule has 0 saturated heterocycles. The topological polar surface area (TPSA) is 89.0 Å². The van der Waals surface area contributed by atoms with Crippen molar-refractivity contribution in [3.63, 3.8) is 0 Å². The Balaban J connectivity index is 2.19. The number of benzene rings is 1. The summed E-state index contributed by atoms with van der Waals surface area (Å²) >= 11 is 0. The predicted octanol–water partition coefficient (Wildman–Crippen LogP) is 3.00. The van der Waals surface area contributed by atoms with Crippen molar-refractivity contribution in [1.29, 1.82) is 5.26 Å². The van der Waals surface area contributed by atoms with Crippen molar-refractivity contribution in [3.8, 4) is 11.8 Å². The van der Waals surface area contributed by atoms with Crippen LogP contribution in [0, 0.1) is 21.4 Å². The van der Waals surface area contributed by atoms with Crippen molar-refractivity contribution in [1.82, 2.24) is 4.98 Å². The molecule has 21 heavy (non-hydrogen) atoms. The van der Waals surface area contributed by atoms with Gasteiger partial charge in [-0.25, -0.2) is 4.98 Å². The van der Waals surface area contributed by atoms with Crippen LogP contribution in [-0.4, -0.2) is 9.91 Å². The first-order valence-corrected chi connectivity index (χ1v) is 6.39. The third-order valence-electron chi connectivity index (χ3n) is 2.96. The molecule has 0 radical (unpaired) electrons. The van der Waals surface area contributed by atoms with E-state index >= 15 is 0 Å². The maximum absolute atomic E-state index is 11.1. The van der Waals surface area contributed by atoms with Gasteiger partial charge in [-0.15, -0.1) is 0 Å². The molecule has 0 aliphatic rings. The number of ether oxygens (including phenoxy) is 1. The van der Waals surface area contributed by atoms with E-state index < -0.39 is 4.92 Å². The van der Waals surface area contributed by atoms with Gasteiger partial charge in [0.2, 0.25) is 0 Å². The molecule has 0 amide bonds. The third kappa shape index (κ3) is 3.54. The molecule has 1 aromatic heterocycles. The minimum absolute atomic E-state index is 0.0519. The summed E-state index contributed by atoms with van der Waals surface area (Å²) in [7, 11) is 0. The van der Waals surface area contributed by atoms with Gasteiger partial charge in [-0.1, -0.05) is 13.0 Å². The maximum atomic E-state index is 11.1. The van der Waals surface area contributed by atoms with Crippen LogP contribution in [0.3, 0.4) is 0 Å². The standard InChI is InChI=1S/C15H13N3O3/c1-2-11-3-4-15(14(8-11)18(19)20)21-10-12-5-6-17-13(7-12)9-16/h3-8H,2,10H2,1H3. The van der Waals surface area contributed by atoms with E-state index in [1.807, 2.05) is 13.0 Å². The number of hydrogen-bond acceptors (Lipinski definition) is 5. The molecular weight excluding hydrogens is 270 g/mol. The third-order valence-corrected chi connectivity index (χ3v) is 2.96. The number of nitriles is 1. The highest BCUT2D eigenvalue weighted by Crippen LogP contribution is 2.28. The van der Waals surface area contributed by atoms with E-state index in [2.05, 4.69) is 4.98 Å². The average molecular weight is 283 g/mol. The summed E-state index contributed by atoms with van der Waals surface area (Å²) in [4.78, 5) is 14.5. The van der Waals surface area contributed by atoms with Gasteiger partial charge in [-0.05, 0) is 35.7 Å². The van der Waals surface area contributed by atoms with Crippen molar-refractivity contribution in [3.05, 3.63) is 63.5 Å². The Bertz CT molecular complexity index is 708. The number of pyridine rings is 1. The molecule has 6 nitrogen and oxygen atoms in total. The Morgan fingerprint density at radius 1 is 1.33 bits per heavy atom. The van der Waals surface area contributed by atoms with Gasteiger partial charge >= 0.3 is 5.69 Å². The van der Waals surface area contributed by atoms with Crippen LogP contribution in [0.5, 0.6) is 5.75 Å². The summed E-state index contributed by atoms with van der Waals surface area (Å²) in [6, 6.07) is 10.1. The van der Waals surface area contributed by atoms with Crippen molar-refractivity contribution in [2.45, 2.75) is 20.0 Å². The van der Waals surface area contributed by atoms with Crippen LogP contribution in [0.2, 0.25) is 0 Å². The molecule has 0 bridgehead atoms. The van der Waals surface area contributed by atoms with Crippen LogP contribution in [0.1, 0.15) is 23.7 Å². The fraction of sp³-hybridized carbons (Fsp3) is 0.200. The van der Waals surface area contributed by atoms with E-state index in [0.717, 1.165) is 17.5 Å². The highest BCUT2D eigenvalue weighted by Gasteiger charge is 2.15. The van der Waals surface area contributed by atoms with Crippen LogP contribution in [0.4, 0.5) is 5.69 Å². The molecule has 0 fully saturated rings. The minimum Gasteiger partial charge on any atom is -0.482 e. The first-order valence-electron chi connectivity index (χ1n) is 6.39. The van der Waals surface area contributed by atoms with E-state index in [-0.39, 0.29) is 23.7 Å². The average Bonchev–Trinajstić information content (AvgIpc) is 2.52. The van der Waals surface area contributed by atoms with Gasteiger partial charge in [0.25, 0.3) is 0 Å². The number of hydrogen-bond donors (Lipinski definition) is 0. The Morgan fingerprint density at radius 3 is 2.81 bits per heavy atom. The molecule has 106 valence electrons. The first kappa shape index (κ1) is 14.5. The molecule has 2 aromatic rings. The number of nitrogens with zero attached hydrogens (tertiary/aromatic N) is 3. The molecule has 0 atom stereocenters. The SMILES string of the molecule is CCc1ccc(OCc2ccnc(C#N)c2)c([N+](=O)[O-])c1. The normalized spacial score (nSPS) is 9.90. The van der Waals surface area contributed by atoms with Crippen LogP contribution < -0.4 is 4.74 Å². The van der Waals surface area contributed by atoms with Gasteiger partial charge in [-0.3, -0.25) is 10.1 Å². The minimum atomic E-state index is -0.457. The van der Waals surface area contributed by atoms with Crippen molar-refractivity contribution in [2.75, 3.05) is 0 Å². The molecule has 0 aliphatic heterocycles. The lowest BCUT2D eigenvalue weighted by molar-refractivity contribution is -0.386. The van der Waals surface area contributed by atoms with Crippen LogP contribution >= 0.6 is 0 Å². The summed E-state index contributed by atoms with van der Waals surface area (Å²) < 4.78 is 5.50. The maximum Gasteiger partial charge on any atom is 0.311 e. The molecule has 0 aliphatic carbocycles. The zero-order valence-electron chi connectivity index (χ0n) is 11.4. The molecule has 0 N–H and O–H groups in total. The van der Waals surface area contributed by atoms with E-state index in [1.165, 1.54) is 12.3 Å². The molecule has 0 saturated carbocycles. The Labute approximate surface area is 121 Å². The van der Waals surface area contributed by atoms with E-state index in [1.54, 1.807) is 24.3 Å². The zero-order valence-corrected chi connectivity index (χ0v) is 11.4. The van der Waals surface area contributed by atoms with Gasteiger partial charge in [0.1, 0.15) is 18.4 Å². The summed E-state index contributed by atoms with van der Waals surface area (Å²) in [5, 5.41) is 19.9. The number of aryl methyl sites for hydroxylation is 1. The second-order valence-corrected chi connectivity index (χ2v) is 4.36. The van der Waals surface area contributed by atoms with Gasteiger partial charge in [0, 0.05) is 12.3 Å². The van der Waals surface area contributed by atoms with Gasteiger partial charge in [-0.2, -0.15) is 5.26 Å². The predicted molar refractivity (Wildman–Crippen MR) is 75.8 cm³/mol. The zero-order chi connectivity index (χ0) is 15.2. The summed E-state index contributed by atoms with van der Waals surface area (Å²) in [5.74, 6) is 0.215. The van der Waals surface area contributed by atoms with E-state index in [9.17, 15) is 10.1 Å². The first-order chi connectivity index (χ1) is 10.1. The lowest BCUT2D eigenvalue weighted by Gasteiger charge is -2.08. The second-order valence-electron chi connectivity index (χ2n) is 4.36. The summed E-state index contributed by atoms with van der Waals surface area (Å²) in [6.45, 7) is 2.07.